The van der Waals surface area contributed by atoms with Crippen molar-refractivity contribution in [1.29, 1.82) is 0 Å². The highest BCUT2D eigenvalue weighted by atomic mass is 15.2. The molecule has 18 heavy (non-hydrogen) atoms. The van der Waals surface area contributed by atoms with E-state index in [4.69, 9.17) is 0 Å². The summed E-state index contributed by atoms with van der Waals surface area (Å²) in [6, 6.07) is 12.1. The predicted octanol–water partition coefficient (Wildman–Crippen LogP) is 3.21. The Labute approximate surface area is 111 Å². The Hall–Kier alpha value is -0.860. The van der Waals surface area contributed by atoms with E-state index in [0.29, 0.717) is 6.04 Å². The summed E-state index contributed by atoms with van der Waals surface area (Å²) in [6.07, 6.45) is 5.60. The molecule has 2 nitrogen and oxygen atoms in total. The standard InChI is InChI=1S/C16H26N2/c1-3-18(15-11-7-8-12-15)13-16(17-2)14-9-5-4-6-10-14/h4-6,9-10,15-17H,3,7-8,11-13H2,1-2H3. The van der Waals surface area contributed by atoms with Crippen molar-refractivity contribution in [3.8, 4) is 0 Å². The van der Waals surface area contributed by atoms with Crippen LogP contribution >= 0.6 is 0 Å². The van der Waals surface area contributed by atoms with Gasteiger partial charge in [0.2, 0.25) is 0 Å². The fraction of sp³-hybridized carbons (Fsp3) is 0.625. The summed E-state index contributed by atoms with van der Waals surface area (Å²) in [6.45, 7) is 4.58. The third-order valence-electron chi connectivity index (χ3n) is 4.21. The minimum atomic E-state index is 0.451. The molecule has 0 aliphatic heterocycles. The second-order valence-electron chi connectivity index (χ2n) is 5.28. The number of likely N-dealkylation sites (N-methyl/N-ethyl adjacent to an activating group) is 2. The molecule has 1 aromatic rings. The maximum atomic E-state index is 3.46. The first-order chi connectivity index (χ1) is 8.85. The Morgan fingerprint density at radius 1 is 1.22 bits per heavy atom. The molecule has 2 rings (SSSR count). The summed E-state index contributed by atoms with van der Waals surface area (Å²) < 4.78 is 0. The van der Waals surface area contributed by atoms with Gasteiger partial charge in [0.15, 0.2) is 0 Å². The summed E-state index contributed by atoms with van der Waals surface area (Å²) in [4.78, 5) is 2.65. The van der Waals surface area contributed by atoms with Crippen LogP contribution in [0.3, 0.4) is 0 Å². The van der Waals surface area contributed by atoms with Crippen molar-refractivity contribution in [2.75, 3.05) is 20.1 Å². The molecule has 1 unspecified atom stereocenters. The average molecular weight is 246 g/mol. The van der Waals surface area contributed by atoms with Gasteiger partial charge in [0.1, 0.15) is 0 Å². The first kappa shape index (κ1) is 13.6. The largest absolute Gasteiger partial charge is 0.312 e. The Balaban J connectivity index is 2.00. The van der Waals surface area contributed by atoms with Gasteiger partial charge >= 0.3 is 0 Å². The third kappa shape index (κ3) is 3.33. The van der Waals surface area contributed by atoms with Crippen molar-refractivity contribution < 1.29 is 0 Å². The molecule has 0 saturated heterocycles. The molecular weight excluding hydrogens is 220 g/mol. The molecule has 1 N–H and O–H groups in total. The smallest absolute Gasteiger partial charge is 0.0446 e. The molecule has 1 atom stereocenters. The van der Waals surface area contributed by atoms with E-state index in [0.717, 1.165) is 19.1 Å². The van der Waals surface area contributed by atoms with Crippen molar-refractivity contribution in [3.05, 3.63) is 35.9 Å². The zero-order valence-corrected chi connectivity index (χ0v) is 11.7. The molecule has 0 aromatic heterocycles. The first-order valence-corrected chi connectivity index (χ1v) is 7.31. The van der Waals surface area contributed by atoms with E-state index in [1.54, 1.807) is 0 Å². The van der Waals surface area contributed by atoms with Gasteiger partial charge in [0.25, 0.3) is 0 Å². The van der Waals surface area contributed by atoms with E-state index in [1.165, 1.54) is 31.2 Å². The zero-order chi connectivity index (χ0) is 12.8. The lowest BCUT2D eigenvalue weighted by Gasteiger charge is -2.31. The maximum absolute atomic E-state index is 3.46. The quantitative estimate of drug-likeness (QED) is 0.829. The van der Waals surface area contributed by atoms with Gasteiger partial charge in [0, 0.05) is 18.6 Å². The van der Waals surface area contributed by atoms with E-state index in [-0.39, 0.29) is 0 Å². The van der Waals surface area contributed by atoms with Gasteiger partial charge in [0.05, 0.1) is 0 Å². The lowest BCUT2D eigenvalue weighted by molar-refractivity contribution is 0.189. The second kappa shape index (κ2) is 6.91. The monoisotopic (exact) mass is 246 g/mol. The number of rotatable bonds is 6. The summed E-state index contributed by atoms with van der Waals surface area (Å²) in [5.74, 6) is 0. The van der Waals surface area contributed by atoms with Crippen LogP contribution in [-0.2, 0) is 0 Å². The summed E-state index contributed by atoms with van der Waals surface area (Å²) in [5.41, 5.74) is 1.40. The normalized spacial score (nSPS) is 18.4. The molecule has 2 heteroatoms. The van der Waals surface area contributed by atoms with Gasteiger partial charge in [-0.2, -0.15) is 0 Å². The van der Waals surface area contributed by atoms with Crippen LogP contribution in [0, 0.1) is 0 Å². The maximum Gasteiger partial charge on any atom is 0.0446 e. The minimum Gasteiger partial charge on any atom is -0.312 e. The van der Waals surface area contributed by atoms with E-state index >= 15 is 0 Å². The van der Waals surface area contributed by atoms with E-state index in [1.807, 2.05) is 0 Å². The number of hydrogen-bond acceptors (Lipinski definition) is 2. The molecule has 0 heterocycles. The molecule has 1 aromatic carbocycles. The van der Waals surface area contributed by atoms with Crippen LogP contribution in [0.15, 0.2) is 30.3 Å². The first-order valence-electron chi connectivity index (χ1n) is 7.31. The fourth-order valence-corrected chi connectivity index (χ4v) is 3.09. The van der Waals surface area contributed by atoms with Gasteiger partial charge in [-0.05, 0) is 32.0 Å². The summed E-state index contributed by atoms with van der Waals surface area (Å²) in [7, 11) is 2.07. The second-order valence-corrected chi connectivity index (χ2v) is 5.28. The molecule has 0 radical (unpaired) electrons. The van der Waals surface area contributed by atoms with Gasteiger partial charge in [-0.1, -0.05) is 50.1 Å². The zero-order valence-electron chi connectivity index (χ0n) is 11.7. The Morgan fingerprint density at radius 3 is 2.44 bits per heavy atom. The average Bonchev–Trinajstić information content (AvgIpc) is 2.95. The van der Waals surface area contributed by atoms with Gasteiger partial charge < -0.3 is 5.32 Å². The summed E-state index contributed by atoms with van der Waals surface area (Å²) in [5, 5.41) is 3.46. The highest BCUT2D eigenvalue weighted by Gasteiger charge is 2.23. The number of hydrogen-bond donors (Lipinski definition) is 1. The van der Waals surface area contributed by atoms with Crippen molar-refractivity contribution in [2.24, 2.45) is 0 Å². The number of nitrogens with zero attached hydrogens (tertiary/aromatic N) is 1. The molecule has 0 bridgehead atoms. The van der Waals surface area contributed by atoms with Gasteiger partial charge in [-0.3, -0.25) is 4.90 Å². The predicted molar refractivity (Wildman–Crippen MR) is 77.7 cm³/mol. The van der Waals surface area contributed by atoms with E-state index in [2.05, 4.69) is 54.5 Å². The van der Waals surface area contributed by atoms with E-state index in [9.17, 15) is 0 Å². The molecule has 1 aliphatic carbocycles. The van der Waals surface area contributed by atoms with Gasteiger partial charge in [-0.25, -0.2) is 0 Å². The van der Waals surface area contributed by atoms with Gasteiger partial charge in [-0.15, -0.1) is 0 Å². The Morgan fingerprint density at radius 2 is 1.89 bits per heavy atom. The summed E-state index contributed by atoms with van der Waals surface area (Å²) >= 11 is 0. The lowest BCUT2D eigenvalue weighted by Crippen LogP contribution is -2.39. The fourth-order valence-electron chi connectivity index (χ4n) is 3.09. The highest BCUT2D eigenvalue weighted by molar-refractivity contribution is 5.19. The van der Waals surface area contributed by atoms with Crippen LogP contribution in [0.1, 0.15) is 44.2 Å². The molecule has 0 spiro atoms. The Kier molecular flexibility index (Phi) is 5.21. The molecule has 100 valence electrons. The topological polar surface area (TPSA) is 15.3 Å². The van der Waals surface area contributed by atoms with Crippen molar-refractivity contribution >= 4 is 0 Å². The highest BCUT2D eigenvalue weighted by Crippen LogP contribution is 2.25. The molecular formula is C16H26N2. The molecule has 1 aliphatic rings. The SMILES string of the molecule is CCN(CC(NC)c1ccccc1)C1CCCC1. The minimum absolute atomic E-state index is 0.451. The molecule has 1 fully saturated rings. The molecule has 1 saturated carbocycles. The van der Waals surface area contributed by atoms with Crippen molar-refractivity contribution in [2.45, 2.75) is 44.7 Å². The Bertz CT molecular complexity index is 330. The van der Waals surface area contributed by atoms with Crippen LogP contribution in [0.5, 0.6) is 0 Å². The van der Waals surface area contributed by atoms with Crippen LogP contribution in [0.4, 0.5) is 0 Å². The third-order valence-corrected chi connectivity index (χ3v) is 4.21. The van der Waals surface area contributed by atoms with Crippen molar-refractivity contribution in [1.82, 2.24) is 10.2 Å². The number of benzene rings is 1. The van der Waals surface area contributed by atoms with Crippen LogP contribution in [0.2, 0.25) is 0 Å². The molecule has 0 amide bonds. The van der Waals surface area contributed by atoms with E-state index < -0.39 is 0 Å². The van der Waals surface area contributed by atoms with Crippen LogP contribution in [-0.4, -0.2) is 31.1 Å². The van der Waals surface area contributed by atoms with Crippen LogP contribution in [0.25, 0.3) is 0 Å². The van der Waals surface area contributed by atoms with Crippen molar-refractivity contribution in [3.63, 3.8) is 0 Å². The number of nitrogens with one attached hydrogen (secondary N) is 1. The van der Waals surface area contributed by atoms with Crippen LogP contribution < -0.4 is 5.32 Å². The lowest BCUT2D eigenvalue weighted by atomic mass is 10.1.